The Hall–Kier alpha value is -0.880. The number of nitrogens with two attached hydrogens (primary N) is 1. The number of nitrogens with zero attached hydrogens (tertiary/aromatic N) is 1. The highest BCUT2D eigenvalue weighted by Gasteiger charge is 2.34. The zero-order valence-corrected chi connectivity index (χ0v) is 14.1. The molecule has 0 radical (unpaired) electrons. The molecule has 1 aliphatic carbocycles. The van der Waals surface area contributed by atoms with Gasteiger partial charge in [0.25, 0.3) is 5.91 Å². The minimum Gasteiger partial charge on any atom is -0.397 e. The summed E-state index contributed by atoms with van der Waals surface area (Å²) in [6.45, 7) is 4.74. The Morgan fingerprint density at radius 3 is 2.90 bits per heavy atom. The number of carbonyl (C=O) groups is 1. The third-order valence-electron chi connectivity index (χ3n) is 4.00. The van der Waals surface area contributed by atoms with Crippen molar-refractivity contribution in [2.24, 2.45) is 0 Å². The van der Waals surface area contributed by atoms with Crippen LogP contribution in [-0.2, 0) is 0 Å². The Kier molecular flexibility index (Phi) is 4.64. The van der Waals surface area contributed by atoms with Crippen LogP contribution < -0.4 is 16.0 Å². The number of nitrogen functional groups attached to an aromatic ring is 1. The van der Waals surface area contributed by atoms with Gasteiger partial charge in [0.05, 0.1) is 10.7 Å². The van der Waals surface area contributed by atoms with E-state index in [0.29, 0.717) is 17.3 Å². The van der Waals surface area contributed by atoms with Crippen LogP contribution in [-0.4, -0.2) is 37.0 Å². The summed E-state index contributed by atoms with van der Waals surface area (Å²) in [7, 11) is 0. The lowest BCUT2D eigenvalue weighted by Crippen LogP contribution is -2.25. The topological polar surface area (TPSA) is 58.4 Å². The lowest BCUT2D eigenvalue weighted by Gasteiger charge is -2.22. The number of carbonyl (C=O) groups excluding carboxylic acids is 1. The fourth-order valence-electron chi connectivity index (χ4n) is 2.80. The minimum atomic E-state index is -0.0163. The van der Waals surface area contributed by atoms with Crippen LogP contribution in [0, 0.1) is 0 Å². The van der Waals surface area contributed by atoms with Gasteiger partial charge in [0.2, 0.25) is 0 Å². The molecule has 0 atom stereocenters. The molecule has 1 saturated heterocycles. The molecule has 116 valence electrons. The first kappa shape index (κ1) is 15.0. The van der Waals surface area contributed by atoms with Gasteiger partial charge in [-0.05, 0) is 37.9 Å². The average molecular weight is 326 g/mol. The predicted molar refractivity (Wildman–Crippen MR) is 92.9 cm³/mol. The van der Waals surface area contributed by atoms with Crippen molar-refractivity contribution in [2.45, 2.75) is 32.1 Å². The first-order valence-electron chi connectivity index (χ1n) is 7.75. The van der Waals surface area contributed by atoms with E-state index in [1.165, 1.54) is 41.3 Å². The summed E-state index contributed by atoms with van der Waals surface area (Å²) < 4.78 is 0. The van der Waals surface area contributed by atoms with Crippen molar-refractivity contribution >= 4 is 39.7 Å². The van der Waals surface area contributed by atoms with Crippen LogP contribution in [0.5, 0.6) is 0 Å². The lowest BCUT2D eigenvalue weighted by molar-refractivity contribution is 0.0960. The molecule has 1 aromatic heterocycles. The van der Waals surface area contributed by atoms with E-state index >= 15 is 0 Å². The van der Waals surface area contributed by atoms with Crippen LogP contribution in [0.2, 0.25) is 0 Å². The molecule has 1 saturated carbocycles. The van der Waals surface area contributed by atoms with Gasteiger partial charge in [0, 0.05) is 31.0 Å². The van der Waals surface area contributed by atoms with Gasteiger partial charge in [0.1, 0.15) is 4.88 Å². The summed E-state index contributed by atoms with van der Waals surface area (Å²) in [5.74, 6) is 2.96. The number of thiophene rings is 1. The third kappa shape index (κ3) is 3.16. The summed E-state index contributed by atoms with van der Waals surface area (Å²) in [5.41, 5.74) is 8.33. The molecule has 2 fully saturated rings. The molecule has 1 amide bonds. The first-order chi connectivity index (χ1) is 10.2. The van der Waals surface area contributed by atoms with Crippen LogP contribution in [0.1, 0.15) is 47.3 Å². The fourth-order valence-corrected chi connectivity index (χ4v) is 4.97. The minimum absolute atomic E-state index is 0.0163. The maximum absolute atomic E-state index is 12.2. The van der Waals surface area contributed by atoms with Crippen molar-refractivity contribution in [2.75, 3.05) is 41.8 Å². The number of hydrogen-bond acceptors (Lipinski definition) is 5. The molecule has 3 rings (SSSR count). The van der Waals surface area contributed by atoms with Crippen molar-refractivity contribution in [3.8, 4) is 0 Å². The number of amides is 1. The molecule has 6 heteroatoms. The van der Waals surface area contributed by atoms with Crippen LogP contribution in [0.15, 0.2) is 0 Å². The van der Waals surface area contributed by atoms with E-state index in [1.54, 1.807) is 11.3 Å². The van der Waals surface area contributed by atoms with Crippen molar-refractivity contribution in [3.05, 3.63) is 10.4 Å². The van der Waals surface area contributed by atoms with Gasteiger partial charge in [-0.15, -0.1) is 11.3 Å². The van der Waals surface area contributed by atoms with Crippen LogP contribution in [0.25, 0.3) is 0 Å². The second-order valence-corrected chi connectivity index (χ2v) is 7.87. The molecule has 3 N–H and O–H groups in total. The van der Waals surface area contributed by atoms with Gasteiger partial charge in [0.15, 0.2) is 0 Å². The molecule has 0 unspecified atom stereocenters. The maximum atomic E-state index is 12.2. The normalized spacial score (nSPS) is 19.4. The molecular weight excluding hydrogens is 302 g/mol. The van der Waals surface area contributed by atoms with E-state index in [1.807, 2.05) is 18.7 Å². The van der Waals surface area contributed by atoms with E-state index in [9.17, 15) is 4.79 Å². The Balaban J connectivity index is 1.94. The predicted octanol–water partition coefficient (Wildman–Crippen LogP) is 2.90. The van der Waals surface area contributed by atoms with Gasteiger partial charge >= 0.3 is 0 Å². The number of thioether (sulfide) groups is 1. The van der Waals surface area contributed by atoms with Crippen LogP contribution >= 0.6 is 23.1 Å². The summed E-state index contributed by atoms with van der Waals surface area (Å²) >= 11 is 3.62. The molecule has 2 aliphatic rings. The quantitative estimate of drug-likeness (QED) is 0.894. The zero-order valence-electron chi connectivity index (χ0n) is 12.5. The molecule has 4 nitrogen and oxygen atoms in total. The van der Waals surface area contributed by atoms with Gasteiger partial charge in [-0.25, -0.2) is 0 Å². The second kappa shape index (κ2) is 6.48. The summed E-state index contributed by atoms with van der Waals surface area (Å²) in [6, 6.07) is 0. The van der Waals surface area contributed by atoms with Crippen molar-refractivity contribution in [1.29, 1.82) is 0 Å². The van der Waals surface area contributed by atoms with E-state index in [2.05, 4.69) is 10.2 Å². The standard InChI is InChI=1S/C15H23N3OS2/c1-2-17-14(19)13-12(16)11(10-4-5-10)15(21-13)18-6-3-8-20-9-7-18/h10H,2-9,16H2,1H3,(H,17,19). The largest absolute Gasteiger partial charge is 0.397 e. The Morgan fingerprint density at radius 2 is 2.19 bits per heavy atom. The Bertz CT molecular complexity index is 517. The Labute approximate surface area is 134 Å². The highest BCUT2D eigenvalue weighted by molar-refractivity contribution is 7.99. The number of anilines is 2. The molecule has 2 heterocycles. The molecule has 21 heavy (non-hydrogen) atoms. The maximum Gasteiger partial charge on any atom is 0.263 e. The van der Waals surface area contributed by atoms with Crippen LogP contribution in [0.4, 0.5) is 10.7 Å². The van der Waals surface area contributed by atoms with Crippen molar-refractivity contribution in [3.63, 3.8) is 0 Å². The van der Waals surface area contributed by atoms with Crippen molar-refractivity contribution < 1.29 is 4.79 Å². The molecule has 1 aromatic rings. The average Bonchev–Trinajstić information content (AvgIpc) is 3.27. The summed E-state index contributed by atoms with van der Waals surface area (Å²) in [6.07, 6.45) is 3.64. The molecular formula is C15H23N3OS2. The molecule has 0 spiro atoms. The SMILES string of the molecule is CCNC(=O)c1sc(N2CCCSCC2)c(C2CC2)c1N. The smallest absolute Gasteiger partial charge is 0.263 e. The van der Waals surface area contributed by atoms with E-state index in [0.717, 1.165) is 18.8 Å². The highest BCUT2D eigenvalue weighted by atomic mass is 32.2. The molecule has 0 aromatic carbocycles. The van der Waals surface area contributed by atoms with E-state index in [-0.39, 0.29) is 5.91 Å². The monoisotopic (exact) mass is 325 g/mol. The zero-order chi connectivity index (χ0) is 14.8. The summed E-state index contributed by atoms with van der Waals surface area (Å²) in [4.78, 5) is 15.4. The number of rotatable bonds is 4. The summed E-state index contributed by atoms with van der Waals surface area (Å²) in [5, 5.41) is 4.15. The lowest BCUT2D eigenvalue weighted by atomic mass is 10.1. The van der Waals surface area contributed by atoms with E-state index in [4.69, 9.17) is 5.73 Å². The molecule has 0 bridgehead atoms. The fraction of sp³-hybridized carbons (Fsp3) is 0.667. The highest BCUT2D eigenvalue weighted by Crippen LogP contribution is 2.52. The van der Waals surface area contributed by atoms with Gasteiger partial charge in [-0.3, -0.25) is 4.79 Å². The van der Waals surface area contributed by atoms with Gasteiger partial charge in [-0.1, -0.05) is 0 Å². The van der Waals surface area contributed by atoms with Gasteiger partial charge < -0.3 is 16.0 Å². The number of nitrogens with one attached hydrogen (secondary N) is 1. The van der Waals surface area contributed by atoms with Gasteiger partial charge in [-0.2, -0.15) is 11.8 Å². The van der Waals surface area contributed by atoms with Crippen LogP contribution in [0.3, 0.4) is 0 Å². The third-order valence-corrected chi connectivity index (χ3v) is 6.33. The van der Waals surface area contributed by atoms with Crippen molar-refractivity contribution in [1.82, 2.24) is 5.32 Å². The van der Waals surface area contributed by atoms with E-state index < -0.39 is 0 Å². The first-order valence-corrected chi connectivity index (χ1v) is 9.72. The number of hydrogen-bond donors (Lipinski definition) is 2. The Morgan fingerprint density at radius 1 is 1.38 bits per heavy atom. The molecule has 1 aliphatic heterocycles. The second-order valence-electron chi connectivity index (χ2n) is 5.65.